The number of alkyl halides is 1. The summed E-state index contributed by atoms with van der Waals surface area (Å²) in [6.07, 6.45) is 1.13. The van der Waals surface area contributed by atoms with E-state index in [9.17, 15) is 9.18 Å². The molecule has 0 bridgehead atoms. The van der Waals surface area contributed by atoms with Crippen molar-refractivity contribution in [2.75, 3.05) is 6.54 Å². The van der Waals surface area contributed by atoms with Crippen molar-refractivity contribution in [1.82, 2.24) is 10.3 Å². The summed E-state index contributed by atoms with van der Waals surface area (Å²) in [5, 5.41) is 3.13. The molecule has 1 aromatic heterocycles. The van der Waals surface area contributed by atoms with E-state index in [0.29, 0.717) is 32.2 Å². The molecule has 0 spiro atoms. The lowest BCUT2D eigenvalue weighted by atomic mass is 10.0. The maximum absolute atomic E-state index is 13.2. The number of aryl methyl sites for hydroxylation is 1. The van der Waals surface area contributed by atoms with E-state index in [1.807, 2.05) is 25.1 Å². The molecule has 0 saturated carbocycles. The molecule has 0 amide bonds. The number of nitrogens with one attached hydrogen (secondary N) is 1. The van der Waals surface area contributed by atoms with Crippen LogP contribution in [0.2, 0.25) is 0 Å². The van der Waals surface area contributed by atoms with Crippen molar-refractivity contribution >= 4 is 5.78 Å². The average Bonchev–Trinajstić information content (AvgIpc) is 2.54. The lowest BCUT2D eigenvalue weighted by Gasteiger charge is -2.14. The zero-order valence-corrected chi connectivity index (χ0v) is 10.7. The second-order valence-corrected chi connectivity index (χ2v) is 4.88. The van der Waals surface area contributed by atoms with Crippen molar-refractivity contribution in [3.63, 3.8) is 0 Å². The van der Waals surface area contributed by atoms with Gasteiger partial charge in [0.2, 0.25) is 0 Å². The van der Waals surface area contributed by atoms with Crippen molar-refractivity contribution < 1.29 is 9.18 Å². The van der Waals surface area contributed by atoms with Crippen LogP contribution < -0.4 is 5.32 Å². The quantitative estimate of drug-likeness (QED) is 0.892. The van der Waals surface area contributed by atoms with Crippen molar-refractivity contribution in [3.8, 4) is 0 Å². The van der Waals surface area contributed by atoms with E-state index >= 15 is 0 Å². The van der Waals surface area contributed by atoms with Crippen LogP contribution in [0.15, 0.2) is 18.2 Å². The molecule has 98 valence electrons. The third-order valence-corrected chi connectivity index (χ3v) is 3.31. The molecule has 2 atom stereocenters. The molecule has 1 aliphatic rings. The zero-order chi connectivity index (χ0) is 13.0. The topological polar surface area (TPSA) is 42.0 Å². The highest BCUT2D eigenvalue weighted by atomic mass is 19.1. The van der Waals surface area contributed by atoms with Gasteiger partial charge in [0.05, 0.1) is 12.5 Å². The molecule has 3 nitrogen and oxygen atoms in total. The molecule has 2 rings (SSSR count). The molecule has 18 heavy (non-hydrogen) atoms. The minimum absolute atomic E-state index is 0.113. The number of carbonyl (C=O) groups is 1. The fraction of sp³-hybridized carbons (Fsp3) is 0.571. The lowest BCUT2D eigenvalue weighted by Crippen LogP contribution is -2.37. The van der Waals surface area contributed by atoms with E-state index in [2.05, 4.69) is 10.3 Å². The number of pyridine rings is 1. The normalized spacial score (nSPS) is 24.6. The average molecular weight is 250 g/mol. The zero-order valence-electron chi connectivity index (χ0n) is 10.7. The number of Topliss-reactive ketones (excluding diaryl/α,β-unsaturated/α-hetero) is 1. The number of ketones is 1. The van der Waals surface area contributed by atoms with Crippen LogP contribution in [0.1, 0.15) is 30.7 Å². The Balaban J connectivity index is 1.95. The molecule has 1 saturated heterocycles. The van der Waals surface area contributed by atoms with Crippen LogP contribution in [0.3, 0.4) is 0 Å². The summed E-state index contributed by atoms with van der Waals surface area (Å²) in [5.74, 6) is 0.113. The molecule has 0 radical (unpaired) electrons. The van der Waals surface area contributed by atoms with Crippen LogP contribution in [0.4, 0.5) is 4.39 Å². The van der Waals surface area contributed by atoms with E-state index in [-0.39, 0.29) is 11.8 Å². The number of aromatic nitrogens is 1. The Labute approximate surface area is 107 Å². The highest BCUT2D eigenvalue weighted by Gasteiger charge is 2.23. The predicted molar refractivity (Wildman–Crippen MR) is 68.2 cm³/mol. The maximum Gasteiger partial charge on any atom is 0.155 e. The van der Waals surface area contributed by atoms with Crippen molar-refractivity contribution in [2.24, 2.45) is 0 Å². The fourth-order valence-corrected chi connectivity index (χ4v) is 2.28. The van der Waals surface area contributed by atoms with Gasteiger partial charge in [-0.25, -0.2) is 4.39 Å². The molecule has 1 aromatic rings. The second kappa shape index (κ2) is 6.05. The Bertz CT molecular complexity index is 422. The van der Waals surface area contributed by atoms with Gasteiger partial charge >= 0.3 is 0 Å². The molecule has 1 aliphatic heterocycles. The largest absolute Gasteiger partial charge is 0.307 e. The minimum Gasteiger partial charge on any atom is -0.307 e. The second-order valence-electron chi connectivity index (χ2n) is 4.88. The Hall–Kier alpha value is -1.29. The third-order valence-electron chi connectivity index (χ3n) is 3.31. The van der Waals surface area contributed by atoms with Gasteiger partial charge in [0.15, 0.2) is 5.78 Å². The lowest BCUT2D eigenvalue weighted by molar-refractivity contribution is -0.120. The molecular weight excluding hydrogens is 231 g/mol. The summed E-state index contributed by atoms with van der Waals surface area (Å²) < 4.78 is 13.2. The summed E-state index contributed by atoms with van der Waals surface area (Å²) in [4.78, 5) is 16.4. The highest BCUT2D eigenvalue weighted by molar-refractivity contribution is 5.85. The van der Waals surface area contributed by atoms with E-state index < -0.39 is 6.17 Å². The maximum atomic E-state index is 13.2. The summed E-state index contributed by atoms with van der Waals surface area (Å²) in [6, 6.07) is 5.46. The molecular formula is C14H19FN2O. The molecule has 4 heteroatoms. The van der Waals surface area contributed by atoms with Gasteiger partial charge in [0.1, 0.15) is 6.17 Å². The van der Waals surface area contributed by atoms with Crippen LogP contribution >= 0.6 is 0 Å². The van der Waals surface area contributed by atoms with E-state index in [1.54, 1.807) is 0 Å². The number of rotatable bonds is 3. The molecule has 2 heterocycles. The smallest absolute Gasteiger partial charge is 0.155 e. The SMILES string of the molecule is Cc1cccc(CC(=O)[C@@H]2CCC(F)CCN2)n1. The molecule has 0 aromatic carbocycles. The van der Waals surface area contributed by atoms with Crippen LogP contribution in [0.5, 0.6) is 0 Å². The summed E-state index contributed by atoms with van der Waals surface area (Å²) >= 11 is 0. The molecule has 1 N–H and O–H groups in total. The summed E-state index contributed by atoms with van der Waals surface area (Å²) in [6.45, 7) is 2.49. The number of hydrogen-bond donors (Lipinski definition) is 1. The third kappa shape index (κ3) is 3.60. The van der Waals surface area contributed by atoms with Crippen LogP contribution in [0.25, 0.3) is 0 Å². The molecule has 1 fully saturated rings. The minimum atomic E-state index is -0.771. The van der Waals surface area contributed by atoms with Crippen LogP contribution in [-0.2, 0) is 11.2 Å². The van der Waals surface area contributed by atoms with Crippen molar-refractivity contribution in [2.45, 2.75) is 44.8 Å². The first-order chi connectivity index (χ1) is 8.65. The number of nitrogens with zero attached hydrogens (tertiary/aromatic N) is 1. The molecule has 1 unspecified atom stereocenters. The Morgan fingerprint density at radius 2 is 2.28 bits per heavy atom. The number of hydrogen-bond acceptors (Lipinski definition) is 3. The monoisotopic (exact) mass is 250 g/mol. The predicted octanol–water partition coefficient (Wildman–Crippen LogP) is 1.98. The van der Waals surface area contributed by atoms with Crippen LogP contribution in [0, 0.1) is 6.92 Å². The fourth-order valence-electron chi connectivity index (χ4n) is 2.28. The summed E-state index contributed by atoms with van der Waals surface area (Å²) in [5.41, 5.74) is 1.71. The summed E-state index contributed by atoms with van der Waals surface area (Å²) in [7, 11) is 0. The van der Waals surface area contributed by atoms with Gasteiger partial charge in [0.25, 0.3) is 0 Å². The van der Waals surface area contributed by atoms with Gasteiger partial charge in [-0.2, -0.15) is 0 Å². The van der Waals surface area contributed by atoms with Gasteiger partial charge in [0, 0.05) is 11.4 Å². The van der Waals surface area contributed by atoms with Gasteiger partial charge in [-0.05, 0) is 44.9 Å². The van der Waals surface area contributed by atoms with E-state index in [1.165, 1.54) is 0 Å². The van der Waals surface area contributed by atoms with Crippen molar-refractivity contribution in [1.29, 1.82) is 0 Å². The first-order valence-electron chi connectivity index (χ1n) is 6.48. The number of carbonyl (C=O) groups excluding carboxylic acids is 1. The first kappa shape index (κ1) is 13.1. The van der Waals surface area contributed by atoms with Gasteiger partial charge in [-0.15, -0.1) is 0 Å². The van der Waals surface area contributed by atoms with Gasteiger partial charge < -0.3 is 5.32 Å². The Morgan fingerprint density at radius 3 is 3.06 bits per heavy atom. The van der Waals surface area contributed by atoms with Crippen LogP contribution in [-0.4, -0.2) is 29.5 Å². The van der Waals surface area contributed by atoms with E-state index in [4.69, 9.17) is 0 Å². The van der Waals surface area contributed by atoms with Gasteiger partial charge in [-0.3, -0.25) is 9.78 Å². The molecule has 0 aliphatic carbocycles. The highest BCUT2D eigenvalue weighted by Crippen LogP contribution is 2.14. The standard InChI is InChI=1S/C14H19FN2O/c1-10-3-2-4-12(17-10)9-14(18)13-6-5-11(15)7-8-16-13/h2-4,11,13,16H,5-9H2,1H3/t11?,13-/m0/s1. The Morgan fingerprint density at radius 1 is 1.44 bits per heavy atom. The van der Waals surface area contributed by atoms with E-state index in [0.717, 1.165) is 11.4 Å². The van der Waals surface area contributed by atoms with Crippen molar-refractivity contribution in [3.05, 3.63) is 29.6 Å². The number of halogens is 1. The van der Waals surface area contributed by atoms with Gasteiger partial charge in [-0.1, -0.05) is 6.07 Å². The first-order valence-corrected chi connectivity index (χ1v) is 6.48. The Kier molecular flexibility index (Phi) is 4.42.